The fourth-order valence-corrected chi connectivity index (χ4v) is 3.83. The van der Waals surface area contributed by atoms with Crippen molar-refractivity contribution in [1.29, 1.82) is 0 Å². The van der Waals surface area contributed by atoms with Gasteiger partial charge in [0, 0.05) is 26.2 Å². The van der Waals surface area contributed by atoms with Gasteiger partial charge < -0.3 is 14.6 Å². The fourth-order valence-electron chi connectivity index (χ4n) is 3.83. The van der Waals surface area contributed by atoms with Crippen LogP contribution in [0.2, 0.25) is 0 Å². The SMILES string of the molecule is CN(C)C1CCCC(NC(O)Cn2cnc3c2c(=O)n(C)c(=O)n3C)C1. The van der Waals surface area contributed by atoms with Gasteiger partial charge in [0.1, 0.15) is 6.23 Å². The second-order valence-corrected chi connectivity index (χ2v) is 7.44. The second kappa shape index (κ2) is 7.34. The summed E-state index contributed by atoms with van der Waals surface area (Å²) >= 11 is 0. The molecule has 1 aliphatic rings. The van der Waals surface area contributed by atoms with Crippen LogP contribution in [0, 0.1) is 0 Å². The number of nitrogens with one attached hydrogen (secondary N) is 1. The fraction of sp³-hybridized carbons (Fsp3) is 0.706. The predicted octanol–water partition coefficient (Wildman–Crippen LogP) is -0.785. The number of rotatable bonds is 5. The molecule has 3 rings (SSSR count). The van der Waals surface area contributed by atoms with Gasteiger partial charge in [-0.1, -0.05) is 6.42 Å². The van der Waals surface area contributed by atoms with E-state index in [1.54, 1.807) is 11.6 Å². The summed E-state index contributed by atoms with van der Waals surface area (Å²) in [6.45, 7) is 0.201. The number of hydrogen-bond acceptors (Lipinski definition) is 6. The maximum atomic E-state index is 12.5. The highest BCUT2D eigenvalue weighted by Crippen LogP contribution is 2.22. The molecule has 0 spiro atoms. The third-order valence-electron chi connectivity index (χ3n) is 5.39. The number of aliphatic hydroxyl groups is 1. The minimum absolute atomic E-state index is 0.201. The Morgan fingerprint density at radius 1 is 1.31 bits per heavy atom. The summed E-state index contributed by atoms with van der Waals surface area (Å²) in [6, 6.07) is 0.762. The van der Waals surface area contributed by atoms with Crippen molar-refractivity contribution in [3.05, 3.63) is 27.2 Å². The van der Waals surface area contributed by atoms with Gasteiger partial charge >= 0.3 is 5.69 Å². The van der Waals surface area contributed by atoms with Crippen LogP contribution < -0.4 is 16.6 Å². The van der Waals surface area contributed by atoms with Crippen LogP contribution in [0.15, 0.2) is 15.9 Å². The number of nitrogens with zero attached hydrogens (tertiary/aromatic N) is 5. The monoisotopic (exact) mass is 364 g/mol. The molecule has 9 nitrogen and oxygen atoms in total. The van der Waals surface area contributed by atoms with Crippen LogP contribution in [-0.2, 0) is 20.6 Å². The van der Waals surface area contributed by atoms with E-state index >= 15 is 0 Å². The highest BCUT2D eigenvalue weighted by atomic mass is 16.3. The molecule has 3 unspecified atom stereocenters. The number of aryl methyl sites for hydroxylation is 1. The Balaban J connectivity index is 1.77. The molecule has 144 valence electrons. The lowest BCUT2D eigenvalue weighted by Crippen LogP contribution is -2.46. The first kappa shape index (κ1) is 18.8. The van der Waals surface area contributed by atoms with Crippen LogP contribution in [0.25, 0.3) is 11.2 Å². The number of hydrogen-bond donors (Lipinski definition) is 2. The topological polar surface area (TPSA) is 97.3 Å². The summed E-state index contributed by atoms with van der Waals surface area (Å²) in [6.07, 6.45) is 5.04. The third-order valence-corrected chi connectivity index (χ3v) is 5.39. The molecule has 1 fully saturated rings. The molecule has 0 aliphatic heterocycles. The number of imidazole rings is 1. The molecule has 1 aliphatic carbocycles. The Morgan fingerprint density at radius 3 is 2.73 bits per heavy atom. The van der Waals surface area contributed by atoms with Gasteiger partial charge in [-0.25, -0.2) is 9.78 Å². The largest absolute Gasteiger partial charge is 0.377 e. The third kappa shape index (κ3) is 3.46. The van der Waals surface area contributed by atoms with E-state index < -0.39 is 17.5 Å². The molecule has 2 heterocycles. The molecule has 26 heavy (non-hydrogen) atoms. The zero-order chi connectivity index (χ0) is 19.0. The summed E-state index contributed by atoms with van der Waals surface area (Å²) in [7, 11) is 7.20. The summed E-state index contributed by atoms with van der Waals surface area (Å²) in [5, 5.41) is 13.8. The molecule has 1 saturated carbocycles. The average Bonchev–Trinajstić information content (AvgIpc) is 3.01. The Hall–Kier alpha value is -1.97. The van der Waals surface area contributed by atoms with E-state index in [0.717, 1.165) is 23.8 Å². The van der Waals surface area contributed by atoms with Gasteiger partial charge in [0.15, 0.2) is 11.2 Å². The number of fused-ring (bicyclic) bond motifs is 1. The van der Waals surface area contributed by atoms with E-state index in [2.05, 4.69) is 29.3 Å². The van der Waals surface area contributed by atoms with E-state index in [-0.39, 0.29) is 12.6 Å². The normalized spacial score (nSPS) is 22.2. The van der Waals surface area contributed by atoms with E-state index in [1.807, 2.05) is 0 Å². The summed E-state index contributed by atoms with van der Waals surface area (Å²) in [5.41, 5.74) is -0.164. The van der Waals surface area contributed by atoms with Crippen molar-refractivity contribution in [2.45, 2.75) is 50.5 Å². The average molecular weight is 364 g/mol. The molecule has 2 aromatic heterocycles. The number of aliphatic hydroxyl groups excluding tert-OH is 1. The first-order chi connectivity index (χ1) is 12.3. The first-order valence-electron chi connectivity index (χ1n) is 9.01. The zero-order valence-corrected chi connectivity index (χ0v) is 15.8. The van der Waals surface area contributed by atoms with Crippen molar-refractivity contribution in [2.75, 3.05) is 14.1 Å². The Kier molecular flexibility index (Phi) is 5.31. The minimum Gasteiger partial charge on any atom is -0.377 e. The molecule has 2 N–H and O–H groups in total. The Morgan fingerprint density at radius 2 is 2.04 bits per heavy atom. The van der Waals surface area contributed by atoms with Crippen molar-refractivity contribution in [1.82, 2.24) is 28.9 Å². The van der Waals surface area contributed by atoms with Gasteiger partial charge in [0.2, 0.25) is 0 Å². The molecular weight excluding hydrogens is 336 g/mol. The standard InChI is InChI=1S/C17H28N6O3/c1-20(2)12-7-5-6-11(8-12)19-13(24)9-23-10-18-15-14(23)16(25)22(4)17(26)21(15)3/h10-13,19,24H,5-9H2,1-4H3. The summed E-state index contributed by atoms with van der Waals surface area (Å²) < 4.78 is 4.01. The van der Waals surface area contributed by atoms with E-state index in [9.17, 15) is 14.7 Å². The molecular formula is C17H28N6O3. The molecule has 0 radical (unpaired) electrons. The quantitative estimate of drug-likeness (QED) is 0.675. The van der Waals surface area contributed by atoms with Gasteiger partial charge in [0.05, 0.1) is 12.9 Å². The van der Waals surface area contributed by atoms with Crippen molar-refractivity contribution in [2.24, 2.45) is 14.1 Å². The number of aromatic nitrogens is 4. The Bertz CT molecular complexity index is 896. The molecule has 9 heteroatoms. The molecule has 3 atom stereocenters. The zero-order valence-electron chi connectivity index (χ0n) is 15.8. The van der Waals surface area contributed by atoms with Crippen LogP contribution in [0.4, 0.5) is 0 Å². The first-order valence-corrected chi connectivity index (χ1v) is 9.01. The summed E-state index contributed by atoms with van der Waals surface area (Å²) in [4.78, 5) is 30.9. The van der Waals surface area contributed by atoms with Gasteiger partial charge in [0.25, 0.3) is 5.56 Å². The smallest absolute Gasteiger partial charge is 0.332 e. The highest BCUT2D eigenvalue weighted by molar-refractivity contribution is 5.69. The van der Waals surface area contributed by atoms with Gasteiger partial charge in [-0.05, 0) is 33.4 Å². The lowest BCUT2D eigenvalue weighted by Gasteiger charge is -2.35. The van der Waals surface area contributed by atoms with Crippen LogP contribution in [-0.4, -0.2) is 61.1 Å². The molecule has 0 saturated heterocycles. The van der Waals surface area contributed by atoms with E-state index in [4.69, 9.17) is 0 Å². The van der Waals surface area contributed by atoms with Crippen LogP contribution in [0.3, 0.4) is 0 Å². The van der Waals surface area contributed by atoms with Crippen LogP contribution >= 0.6 is 0 Å². The predicted molar refractivity (Wildman–Crippen MR) is 99.1 cm³/mol. The lowest BCUT2D eigenvalue weighted by molar-refractivity contribution is 0.0853. The van der Waals surface area contributed by atoms with Gasteiger partial charge in [-0.2, -0.15) is 0 Å². The van der Waals surface area contributed by atoms with Crippen LogP contribution in [0.1, 0.15) is 25.7 Å². The lowest BCUT2D eigenvalue weighted by atomic mass is 9.90. The van der Waals surface area contributed by atoms with Crippen molar-refractivity contribution in [3.63, 3.8) is 0 Å². The van der Waals surface area contributed by atoms with Gasteiger partial charge in [-0.3, -0.25) is 19.2 Å². The molecule has 0 aromatic carbocycles. The van der Waals surface area contributed by atoms with Crippen molar-refractivity contribution < 1.29 is 5.11 Å². The van der Waals surface area contributed by atoms with Crippen LogP contribution in [0.5, 0.6) is 0 Å². The Labute approximate surface area is 151 Å². The second-order valence-electron chi connectivity index (χ2n) is 7.44. The highest BCUT2D eigenvalue weighted by Gasteiger charge is 2.25. The van der Waals surface area contributed by atoms with E-state index in [1.165, 1.54) is 24.4 Å². The summed E-state index contributed by atoms with van der Waals surface area (Å²) in [5.74, 6) is 0. The minimum atomic E-state index is -0.791. The molecule has 0 bridgehead atoms. The molecule has 2 aromatic rings. The van der Waals surface area contributed by atoms with Gasteiger partial charge in [-0.15, -0.1) is 0 Å². The van der Waals surface area contributed by atoms with Crippen molar-refractivity contribution >= 4 is 11.2 Å². The molecule has 0 amide bonds. The van der Waals surface area contributed by atoms with Crippen molar-refractivity contribution in [3.8, 4) is 0 Å². The maximum absolute atomic E-state index is 12.5. The van der Waals surface area contributed by atoms with E-state index in [0.29, 0.717) is 17.2 Å². The maximum Gasteiger partial charge on any atom is 0.332 e.